The number of hydrogen-bond acceptors (Lipinski definition) is 9. The Bertz CT molecular complexity index is 1650. The Labute approximate surface area is 241 Å². The molecule has 220 valence electrons. The van der Waals surface area contributed by atoms with Gasteiger partial charge in [0.1, 0.15) is 18.4 Å². The Morgan fingerprint density at radius 2 is 1.81 bits per heavy atom. The number of aromatic nitrogens is 4. The molecule has 1 aliphatic rings. The van der Waals surface area contributed by atoms with E-state index in [0.29, 0.717) is 24.2 Å². The van der Waals surface area contributed by atoms with Crippen LogP contribution in [0.2, 0.25) is 0 Å². The molecule has 2 aromatic carbocycles. The predicted octanol–water partition coefficient (Wildman–Crippen LogP) is 3.95. The Morgan fingerprint density at radius 1 is 1.12 bits per heavy atom. The summed E-state index contributed by atoms with van der Waals surface area (Å²) in [5, 5.41) is 5.19. The van der Waals surface area contributed by atoms with Gasteiger partial charge in [0.15, 0.2) is 11.2 Å². The first-order valence-corrected chi connectivity index (χ1v) is 15.0. The first kappa shape index (κ1) is 29.2. The van der Waals surface area contributed by atoms with Crippen LogP contribution in [0.3, 0.4) is 0 Å². The molecule has 0 aliphatic heterocycles. The van der Waals surface area contributed by atoms with Crippen molar-refractivity contribution >= 4 is 36.7 Å². The van der Waals surface area contributed by atoms with Gasteiger partial charge in [-0.05, 0) is 43.4 Å². The van der Waals surface area contributed by atoms with Crippen molar-refractivity contribution in [1.82, 2.24) is 24.6 Å². The molecule has 0 bridgehead atoms. The second-order valence-corrected chi connectivity index (χ2v) is 11.7. The third kappa shape index (κ3) is 7.11. The number of rotatable bonds is 12. The van der Waals surface area contributed by atoms with Gasteiger partial charge in [0.05, 0.1) is 12.9 Å². The molecule has 1 saturated carbocycles. The summed E-state index contributed by atoms with van der Waals surface area (Å²) in [6.07, 6.45) is 2.81. The van der Waals surface area contributed by atoms with Crippen molar-refractivity contribution in [2.75, 3.05) is 11.9 Å². The van der Waals surface area contributed by atoms with E-state index in [1.54, 1.807) is 41.2 Å². The Kier molecular flexibility index (Phi) is 8.81. The van der Waals surface area contributed by atoms with Gasteiger partial charge in [0.25, 0.3) is 5.56 Å². The molecule has 13 nitrogen and oxygen atoms in total. The van der Waals surface area contributed by atoms with E-state index in [0.717, 1.165) is 5.56 Å². The lowest BCUT2D eigenvalue weighted by Crippen LogP contribution is -2.36. The first-order chi connectivity index (χ1) is 20.2. The van der Waals surface area contributed by atoms with Gasteiger partial charge >= 0.3 is 13.7 Å². The van der Waals surface area contributed by atoms with Gasteiger partial charge in [-0.3, -0.25) is 29.2 Å². The Morgan fingerprint density at radius 3 is 2.50 bits per heavy atom. The number of hydrogen-bond donors (Lipinski definition) is 3. The van der Waals surface area contributed by atoms with Crippen LogP contribution in [0.5, 0.6) is 5.75 Å². The van der Waals surface area contributed by atoms with Crippen molar-refractivity contribution in [3.63, 3.8) is 0 Å². The molecule has 0 saturated heterocycles. The standard InChI is InChI=1S/C28H31N6O7P/c1-18(27(37)39-15-20-9-5-3-6-10-20)33-42(38,41-23-11-7-4-8-12-23)40-16-21-13-22(14-21)34-17-29-24-25(34)31-28(30-19(2)35)32-26(24)36/h3-12,17-18,21-22H,13-16H2,1-2H3,(H,33,38)(H2,30,31,32,35,36)/t18-,21?,22?,42?/m0/s1. The lowest BCUT2D eigenvalue weighted by atomic mass is 9.81. The molecule has 0 spiro atoms. The second kappa shape index (κ2) is 12.7. The highest BCUT2D eigenvalue weighted by Gasteiger charge is 2.37. The lowest BCUT2D eigenvalue weighted by molar-refractivity contribution is -0.146. The van der Waals surface area contributed by atoms with Crippen LogP contribution < -0.4 is 20.5 Å². The number of anilines is 1. The highest BCUT2D eigenvalue weighted by molar-refractivity contribution is 7.52. The van der Waals surface area contributed by atoms with Crippen LogP contribution in [0.4, 0.5) is 5.95 Å². The molecule has 1 amide bonds. The number of imidazole rings is 1. The molecule has 42 heavy (non-hydrogen) atoms. The predicted molar refractivity (Wildman–Crippen MR) is 154 cm³/mol. The van der Waals surface area contributed by atoms with Crippen molar-refractivity contribution < 1.29 is 27.9 Å². The van der Waals surface area contributed by atoms with Gasteiger partial charge in [-0.15, -0.1) is 0 Å². The lowest BCUT2D eigenvalue weighted by Gasteiger charge is -2.36. The van der Waals surface area contributed by atoms with E-state index in [2.05, 4.69) is 25.4 Å². The molecule has 1 unspecified atom stereocenters. The number of fused-ring (bicyclic) bond motifs is 1. The van der Waals surface area contributed by atoms with Crippen LogP contribution >= 0.6 is 7.75 Å². The zero-order valence-corrected chi connectivity index (χ0v) is 24.0. The summed E-state index contributed by atoms with van der Waals surface area (Å²) in [5.41, 5.74) is 0.897. The fourth-order valence-corrected chi connectivity index (χ4v) is 6.11. The molecule has 2 aromatic heterocycles. The number of carbonyl (C=O) groups is 2. The summed E-state index contributed by atoms with van der Waals surface area (Å²) in [4.78, 5) is 47.5. The van der Waals surface area contributed by atoms with Crippen LogP contribution in [0.25, 0.3) is 11.2 Å². The smallest absolute Gasteiger partial charge is 0.459 e. The molecule has 1 aliphatic carbocycles. The minimum atomic E-state index is -3.99. The van der Waals surface area contributed by atoms with E-state index in [1.807, 2.05) is 30.3 Å². The van der Waals surface area contributed by atoms with Crippen LogP contribution in [0.1, 0.15) is 38.3 Å². The fourth-order valence-electron chi connectivity index (χ4n) is 4.54. The van der Waals surface area contributed by atoms with Gasteiger partial charge in [-0.25, -0.2) is 9.55 Å². The minimum absolute atomic E-state index is 0.0131. The number of aromatic amines is 1. The Balaban J connectivity index is 1.22. The Hall–Kier alpha value is -4.32. The van der Waals surface area contributed by atoms with Gasteiger partial charge in [-0.1, -0.05) is 48.5 Å². The SMILES string of the molecule is CC(=O)Nc1nc2c(ncn2C2CC(COP(=O)(N[C@@H](C)C(=O)OCc3ccccc3)Oc3ccccc3)C2)c(=O)[nH]1. The fraction of sp³-hybridized carbons (Fsp3) is 0.321. The summed E-state index contributed by atoms with van der Waals surface area (Å²) in [7, 11) is -3.99. The molecule has 14 heteroatoms. The van der Waals surface area contributed by atoms with E-state index < -0.39 is 25.3 Å². The van der Waals surface area contributed by atoms with E-state index in [1.165, 1.54) is 13.8 Å². The molecule has 2 heterocycles. The van der Waals surface area contributed by atoms with Crippen molar-refractivity contribution in [2.24, 2.45) is 5.92 Å². The normalized spacial score (nSPS) is 18.4. The number of ether oxygens (including phenoxy) is 1. The number of esters is 1. The maximum absolute atomic E-state index is 13.8. The van der Waals surface area contributed by atoms with Crippen molar-refractivity contribution in [3.05, 3.63) is 82.9 Å². The maximum Gasteiger partial charge on any atom is 0.459 e. The van der Waals surface area contributed by atoms with E-state index in [4.69, 9.17) is 13.8 Å². The van der Waals surface area contributed by atoms with Crippen LogP contribution in [-0.2, 0) is 30.0 Å². The van der Waals surface area contributed by atoms with Crippen molar-refractivity contribution in [2.45, 2.75) is 45.4 Å². The quantitative estimate of drug-likeness (QED) is 0.161. The third-order valence-corrected chi connectivity index (χ3v) is 8.35. The summed E-state index contributed by atoms with van der Waals surface area (Å²) in [5.74, 6) is -0.586. The summed E-state index contributed by atoms with van der Waals surface area (Å²) in [6, 6.07) is 16.8. The molecular weight excluding hydrogens is 563 g/mol. The molecule has 0 radical (unpaired) electrons. The van der Waals surface area contributed by atoms with Gasteiger partial charge in [0.2, 0.25) is 11.9 Å². The zero-order valence-electron chi connectivity index (χ0n) is 23.1. The molecular formula is C28H31N6O7P. The largest absolute Gasteiger partial charge is 0.460 e. The number of nitrogens with zero attached hydrogens (tertiary/aromatic N) is 3. The zero-order chi connectivity index (χ0) is 29.7. The highest BCUT2D eigenvalue weighted by Crippen LogP contribution is 2.48. The van der Waals surface area contributed by atoms with Crippen LogP contribution in [0, 0.1) is 5.92 Å². The minimum Gasteiger partial charge on any atom is -0.460 e. The molecule has 3 N–H and O–H groups in total. The molecule has 1 fully saturated rings. The topological polar surface area (TPSA) is 167 Å². The summed E-state index contributed by atoms with van der Waals surface area (Å²) < 4.78 is 32.5. The third-order valence-electron chi connectivity index (χ3n) is 6.71. The first-order valence-electron chi connectivity index (χ1n) is 13.4. The van der Waals surface area contributed by atoms with Gasteiger partial charge < -0.3 is 13.8 Å². The number of carbonyl (C=O) groups excluding carboxylic acids is 2. The molecule has 5 rings (SSSR count). The number of H-pyrrole nitrogens is 1. The number of nitrogens with one attached hydrogen (secondary N) is 3. The summed E-state index contributed by atoms with van der Waals surface area (Å²) >= 11 is 0. The summed E-state index contributed by atoms with van der Waals surface area (Å²) in [6.45, 7) is 3.03. The average molecular weight is 595 g/mol. The number of benzene rings is 2. The van der Waals surface area contributed by atoms with Crippen LogP contribution in [0.15, 0.2) is 71.8 Å². The second-order valence-electron chi connectivity index (χ2n) is 10.1. The van der Waals surface area contributed by atoms with E-state index in [-0.39, 0.29) is 42.5 Å². The number of amides is 1. The van der Waals surface area contributed by atoms with Gasteiger partial charge in [0, 0.05) is 13.0 Å². The monoisotopic (exact) mass is 594 g/mol. The average Bonchev–Trinajstić information content (AvgIpc) is 3.35. The highest BCUT2D eigenvalue weighted by atomic mass is 31.2. The van der Waals surface area contributed by atoms with Gasteiger partial charge in [-0.2, -0.15) is 10.1 Å². The number of para-hydroxylation sites is 1. The van der Waals surface area contributed by atoms with E-state index >= 15 is 0 Å². The molecule has 2 atom stereocenters. The van der Waals surface area contributed by atoms with Crippen molar-refractivity contribution in [1.29, 1.82) is 0 Å². The maximum atomic E-state index is 13.8. The molecule has 4 aromatic rings. The van der Waals surface area contributed by atoms with Crippen molar-refractivity contribution in [3.8, 4) is 5.75 Å². The van der Waals surface area contributed by atoms with Crippen LogP contribution in [-0.4, -0.2) is 44.0 Å². The van der Waals surface area contributed by atoms with E-state index in [9.17, 15) is 18.9 Å².